The van der Waals surface area contributed by atoms with Crippen LogP contribution in [-0.2, 0) is 0 Å². The van der Waals surface area contributed by atoms with Crippen LogP contribution in [0.4, 0.5) is 0 Å². The first-order chi connectivity index (χ1) is 7.75. The van der Waals surface area contributed by atoms with Crippen LogP contribution < -0.4 is 5.32 Å². The second-order valence-corrected chi connectivity index (χ2v) is 4.73. The third-order valence-electron chi connectivity index (χ3n) is 3.05. The number of benzene rings is 1. The molecule has 0 radical (unpaired) electrons. The van der Waals surface area contributed by atoms with Gasteiger partial charge in [-0.3, -0.25) is 4.79 Å². The number of carbonyl (C=O) groups excluding carboxylic acids is 1. The molecular formula is C13H16ClNO. The van der Waals surface area contributed by atoms with Crippen LogP contribution in [0.25, 0.3) is 0 Å². The molecule has 0 aliphatic heterocycles. The molecule has 3 heteroatoms. The number of rotatable bonds is 4. The third-order valence-corrected chi connectivity index (χ3v) is 3.29. The minimum atomic E-state index is 0.120. The van der Waals surface area contributed by atoms with E-state index in [0.29, 0.717) is 23.2 Å². The van der Waals surface area contributed by atoms with Crippen molar-refractivity contribution in [1.29, 1.82) is 0 Å². The van der Waals surface area contributed by atoms with Crippen molar-refractivity contribution in [2.45, 2.75) is 31.7 Å². The van der Waals surface area contributed by atoms with Crippen molar-refractivity contribution in [3.8, 4) is 0 Å². The van der Waals surface area contributed by atoms with Gasteiger partial charge in [0.15, 0.2) is 5.78 Å². The fourth-order valence-electron chi connectivity index (χ4n) is 2.13. The van der Waals surface area contributed by atoms with Crippen LogP contribution in [0.3, 0.4) is 0 Å². The van der Waals surface area contributed by atoms with Crippen molar-refractivity contribution in [3.63, 3.8) is 0 Å². The van der Waals surface area contributed by atoms with Gasteiger partial charge in [-0.25, -0.2) is 0 Å². The number of hydrogen-bond acceptors (Lipinski definition) is 2. The van der Waals surface area contributed by atoms with E-state index in [1.807, 2.05) is 12.1 Å². The minimum absolute atomic E-state index is 0.120. The predicted molar refractivity (Wildman–Crippen MR) is 66.0 cm³/mol. The van der Waals surface area contributed by atoms with Crippen molar-refractivity contribution < 1.29 is 4.79 Å². The summed E-state index contributed by atoms with van der Waals surface area (Å²) in [6.07, 6.45) is 4.96. The monoisotopic (exact) mass is 237 g/mol. The SMILES string of the molecule is O=C(CNC1CCCC1)c1cccc(Cl)c1. The Hall–Kier alpha value is -0.860. The first-order valence-corrected chi connectivity index (χ1v) is 6.15. The standard InChI is InChI=1S/C13H16ClNO/c14-11-5-3-4-10(8-11)13(16)9-15-12-6-1-2-7-12/h3-5,8,12,15H,1-2,6-7,9H2. The Morgan fingerprint density at radius 2 is 2.12 bits per heavy atom. The van der Waals surface area contributed by atoms with E-state index >= 15 is 0 Å². The molecule has 0 saturated heterocycles. The largest absolute Gasteiger partial charge is 0.307 e. The number of hydrogen-bond donors (Lipinski definition) is 1. The molecule has 0 unspecified atom stereocenters. The average molecular weight is 238 g/mol. The van der Waals surface area contributed by atoms with Crippen LogP contribution in [0.2, 0.25) is 5.02 Å². The smallest absolute Gasteiger partial charge is 0.176 e. The van der Waals surface area contributed by atoms with Crippen LogP contribution in [-0.4, -0.2) is 18.4 Å². The number of halogens is 1. The van der Waals surface area contributed by atoms with Crippen molar-refractivity contribution >= 4 is 17.4 Å². The molecule has 0 bridgehead atoms. The molecular weight excluding hydrogens is 222 g/mol. The van der Waals surface area contributed by atoms with E-state index in [0.717, 1.165) is 0 Å². The molecule has 1 aromatic rings. The van der Waals surface area contributed by atoms with Crippen LogP contribution >= 0.6 is 11.6 Å². The van der Waals surface area contributed by atoms with Gasteiger partial charge < -0.3 is 5.32 Å². The zero-order valence-electron chi connectivity index (χ0n) is 9.21. The summed E-state index contributed by atoms with van der Waals surface area (Å²) < 4.78 is 0. The summed E-state index contributed by atoms with van der Waals surface area (Å²) in [5, 5.41) is 3.92. The highest BCUT2D eigenvalue weighted by atomic mass is 35.5. The summed E-state index contributed by atoms with van der Waals surface area (Å²) in [5.74, 6) is 0.120. The van der Waals surface area contributed by atoms with Gasteiger partial charge in [0.1, 0.15) is 0 Å². The second-order valence-electron chi connectivity index (χ2n) is 4.30. The van der Waals surface area contributed by atoms with Crippen molar-refractivity contribution in [2.75, 3.05) is 6.54 Å². The molecule has 0 amide bonds. The first-order valence-electron chi connectivity index (χ1n) is 5.78. The molecule has 1 aromatic carbocycles. The lowest BCUT2D eigenvalue weighted by atomic mass is 10.1. The molecule has 1 fully saturated rings. The zero-order valence-corrected chi connectivity index (χ0v) is 9.96. The molecule has 1 N–H and O–H groups in total. The maximum atomic E-state index is 11.8. The Morgan fingerprint density at radius 1 is 1.38 bits per heavy atom. The number of Topliss-reactive ketones (excluding diaryl/α,β-unsaturated/α-hetero) is 1. The molecule has 0 aromatic heterocycles. The fraction of sp³-hybridized carbons (Fsp3) is 0.462. The summed E-state index contributed by atoms with van der Waals surface area (Å²) in [7, 11) is 0. The number of nitrogens with one attached hydrogen (secondary N) is 1. The maximum absolute atomic E-state index is 11.8. The van der Waals surface area contributed by atoms with E-state index in [-0.39, 0.29) is 5.78 Å². The Balaban J connectivity index is 1.87. The van der Waals surface area contributed by atoms with Gasteiger partial charge in [0, 0.05) is 16.6 Å². The van der Waals surface area contributed by atoms with Gasteiger partial charge in [0.25, 0.3) is 0 Å². The van der Waals surface area contributed by atoms with Gasteiger partial charge in [0.05, 0.1) is 6.54 Å². The van der Waals surface area contributed by atoms with E-state index in [1.165, 1.54) is 25.7 Å². The molecule has 1 aliphatic carbocycles. The Kier molecular flexibility index (Phi) is 3.97. The van der Waals surface area contributed by atoms with Crippen LogP contribution in [0, 0.1) is 0 Å². The second kappa shape index (κ2) is 5.46. The lowest BCUT2D eigenvalue weighted by Gasteiger charge is -2.10. The topological polar surface area (TPSA) is 29.1 Å². The van der Waals surface area contributed by atoms with Gasteiger partial charge in [-0.1, -0.05) is 36.6 Å². The molecule has 16 heavy (non-hydrogen) atoms. The van der Waals surface area contributed by atoms with Gasteiger partial charge in [-0.05, 0) is 25.0 Å². The van der Waals surface area contributed by atoms with Crippen LogP contribution in [0.5, 0.6) is 0 Å². The molecule has 86 valence electrons. The van der Waals surface area contributed by atoms with Gasteiger partial charge >= 0.3 is 0 Å². The highest BCUT2D eigenvalue weighted by Gasteiger charge is 2.15. The zero-order chi connectivity index (χ0) is 11.4. The van der Waals surface area contributed by atoms with Gasteiger partial charge in [-0.2, -0.15) is 0 Å². The molecule has 0 atom stereocenters. The Labute approximate surface area is 101 Å². The maximum Gasteiger partial charge on any atom is 0.176 e. The van der Waals surface area contributed by atoms with Gasteiger partial charge in [-0.15, -0.1) is 0 Å². The van der Waals surface area contributed by atoms with Gasteiger partial charge in [0.2, 0.25) is 0 Å². The lowest BCUT2D eigenvalue weighted by molar-refractivity contribution is 0.0987. The van der Waals surface area contributed by atoms with Crippen LogP contribution in [0.1, 0.15) is 36.0 Å². The van der Waals surface area contributed by atoms with E-state index < -0.39 is 0 Å². The average Bonchev–Trinajstić information content (AvgIpc) is 2.78. The van der Waals surface area contributed by atoms with Crippen molar-refractivity contribution in [2.24, 2.45) is 0 Å². The molecule has 1 saturated carbocycles. The summed E-state index contributed by atoms with van der Waals surface area (Å²) in [6, 6.07) is 7.65. The lowest BCUT2D eigenvalue weighted by Crippen LogP contribution is -2.31. The summed E-state index contributed by atoms with van der Waals surface area (Å²) in [6.45, 7) is 0.422. The summed E-state index contributed by atoms with van der Waals surface area (Å²) in [4.78, 5) is 11.8. The van der Waals surface area contributed by atoms with Crippen molar-refractivity contribution in [3.05, 3.63) is 34.9 Å². The molecule has 0 heterocycles. The highest BCUT2D eigenvalue weighted by Crippen LogP contribution is 2.17. The fourth-order valence-corrected chi connectivity index (χ4v) is 2.32. The first kappa shape index (κ1) is 11.6. The van der Waals surface area contributed by atoms with E-state index in [9.17, 15) is 4.79 Å². The third kappa shape index (κ3) is 3.06. The van der Waals surface area contributed by atoms with E-state index in [2.05, 4.69) is 5.32 Å². The Bertz CT molecular complexity index is 372. The minimum Gasteiger partial charge on any atom is -0.307 e. The summed E-state index contributed by atoms with van der Waals surface area (Å²) in [5.41, 5.74) is 0.693. The van der Waals surface area contributed by atoms with Crippen LogP contribution in [0.15, 0.2) is 24.3 Å². The predicted octanol–water partition coefficient (Wildman–Crippen LogP) is 3.05. The molecule has 1 aliphatic rings. The van der Waals surface area contributed by atoms with E-state index in [1.54, 1.807) is 12.1 Å². The summed E-state index contributed by atoms with van der Waals surface area (Å²) >= 11 is 5.84. The normalized spacial score (nSPS) is 16.6. The Morgan fingerprint density at radius 3 is 2.81 bits per heavy atom. The number of ketones is 1. The number of carbonyl (C=O) groups is 1. The van der Waals surface area contributed by atoms with Crippen molar-refractivity contribution in [1.82, 2.24) is 5.32 Å². The molecule has 2 rings (SSSR count). The quantitative estimate of drug-likeness (QED) is 0.816. The van der Waals surface area contributed by atoms with E-state index in [4.69, 9.17) is 11.6 Å². The molecule has 0 spiro atoms. The molecule has 2 nitrogen and oxygen atoms in total. The highest BCUT2D eigenvalue weighted by molar-refractivity contribution is 6.31.